The standard InChI is InChI=1S/C21H25NO/c1-2-20(22-21(23)14-16-8-4-3-5-9-16)19-13-12-17-10-6-7-11-18(17)15-19/h3-5,8-9,12-13,15,20H,2,6-7,10-11,14H2,1H3,(H,22,23)/t20-/m1/s1. The number of benzene rings is 2. The summed E-state index contributed by atoms with van der Waals surface area (Å²) in [6.07, 6.45) is 6.33. The molecule has 1 amide bonds. The molecule has 1 N–H and O–H groups in total. The lowest BCUT2D eigenvalue weighted by Crippen LogP contribution is -2.29. The van der Waals surface area contributed by atoms with Crippen LogP contribution in [0.3, 0.4) is 0 Å². The molecule has 0 bridgehead atoms. The van der Waals surface area contributed by atoms with Crippen molar-refractivity contribution < 1.29 is 4.79 Å². The van der Waals surface area contributed by atoms with E-state index >= 15 is 0 Å². The molecule has 0 saturated carbocycles. The van der Waals surface area contributed by atoms with Crippen LogP contribution < -0.4 is 5.32 Å². The van der Waals surface area contributed by atoms with Crippen molar-refractivity contribution in [3.8, 4) is 0 Å². The average Bonchev–Trinajstić information content (AvgIpc) is 2.60. The van der Waals surface area contributed by atoms with E-state index < -0.39 is 0 Å². The second-order valence-electron chi connectivity index (χ2n) is 6.43. The number of aryl methyl sites for hydroxylation is 2. The molecule has 1 atom stereocenters. The number of carbonyl (C=O) groups is 1. The van der Waals surface area contributed by atoms with Crippen molar-refractivity contribution in [3.63, 3.8) is 0 Å². The van der Waals surface area contributed by atoms with Crippen molar-refractivity contribution in [3.05, 3.63) is 70.8 Å². The smallest absolute Gasteiger partial charge is 0.224 e. The minimum atomic E-state index is 0.0979. The summed E-state index contributed by atoms with van der Waals surface area (Å²) in [5.41, 5.74) is 5.27. The van der Waals surface area contributed by atoms with Crippen molar-refractivity contribution in [2.45, 2.75) is 51.5 Å². The van der Waals surface area contributed by atoms with Gasteiger partial charge in [-0.1, -0.05) is 55.5 Å². The largest absolute Gasteiger partial charge is 0.349 e. The Balaban J connectivity index is 1.68. The van der Waals surface area contributed by atoms with E-state index in [0.29, 0.717) is 6.42 Å². The monoisotopic (exact) mass is 307 g/mol. The first-order valence-electron chi connectivity index (χ1n) is 8.71. The third kappa shape index (κ3) is 4.01. The molecular weight excluding hydrogens is 282 g/mol. The lowest BCUT2D eigenvalue weighted by Gasteiger charge is -2.21. The van der Waals surface area contributed by atoms with Gasteiger partial charge in [-0.3, -0.25) is 4.79 Å². The fourth-order valence-electron chi connectivity index (χ4n) is 3.42. The molecule has 2 heteroatoms. The molecule has 0 spiro atoms. The number of amides is 1. The maximum atomic E-state index is 12.3. The Kier molecular flexibility index (Phi) is 5.12. The molecule has 1 aliphatic rings. The molecule has 0 aliphatic heterocycles. The van der Waals surface area contributed by atoms with Crippen molar-refractivity contribution >= 4 is 5.91 Å². The Bertz CT molecular complexity index is 663. The minimum absolute atomic E-state index is 0.0979. The lowest BCUT2D eigenvalue weighted by atomic mass is 9.88. The van der Waals surface area contributed by atoms with Crippen molar-refractivity contribution in [2.24, 2.45) is 0 Å². The molecule has 0 heterocycles. The number of carbonyl (C=O) groups excluding carboxylic acids is 1. The quantitative estimate of drug-likeness (QED) is 0.873. The van der Waals surface area contributed by atoms with Crippen LogP contribution in [-0.4, -0.2) is 5.91 Å². The Morgan fingerprint density at radius 3 is 2.52 bits per heavy atom. The highest BCUT2D eigenvalue weighted by Crippen LogP contribution is 2.26. The molecule has 0 saturated heterocycles. The number of hydrogen-bond acceptors (Lipinski definition) is 1. The zero-order valence-electron chi connectivity index (χ0n) is 13.8. The van der Waals surface area contributed by atoms with Crippen LogP contribution in [0.15, 0.2) is 48.5 Å². The summed E-state index contributed by atoms with van der Waals surface area (Å²) in [5.74, 6) is 0.0979. The van der Waals surface area contributed by atoms with Gasteiger partial charge in [-0.25, -0.2) is 0 Å². The topological polar surface area (TPSA) is 29.1 Å². The van der Waals surface area contributed by atoms with E-state index in [1.165, 1.54) is 42.4 Å². The maximum absolute atomic E-state index is 12.3. The van der Waals surface area contributed by atoms with Crippen LogP contribution in [0.1, 0.15) is 54.5 Å². The van der Waals surface area contributed by atoms with E-state index in [-0.39, 0.29) is 11.9 Å². The van der Waals surface area contributed by atoms with Crippen molar-refractivity contribution in [2.75, 3.05) is 0 Å². The summed E-state index contributed by atoms with van der Waals surface area (Å²) in [5, 5.41) is 3.20. The summed E-state index contributed by atoms with van der Waals surface area (Å²) in [6.45, 7) is 2.13. The highest BCUT2D eigenvalue weighted by molar-refractivity contribution is 5.79. The Labute approximate surface area is 138 Å². The summed E-state index contributed by atoms with van der Waals surface area (Å²) in [7, 11) is 0. The van der Waals surface area contributed by atoms with Crippen molar-refractivity contribution in [1.29, 1.82) is 0 Å². The Hall–Kier alpha value is -2.09. The molecule has 1 aliphatic carbocycles. The van der Waals surface area contributed by atoms with Crippen LogP contribution in [-0.2, 0) is 24.1 Å². The number of nitrogens with one attached hydrogen (secondary N) is 1. The highest BCUT2D eigenvalue weighted by Gasteiger charge is 2.16. The first kappa shape index (κ1) is 15.8. The van der Waals surface area contributed by atoms with Crippen LogP contribution in [0.4, 0.5) is 0 Å². The van der Waals surface area contributed by atoms with Gasteiger partial charge in [-0.2, -0.15) is 0 Å². The predicted octanol–water partition coefficient (Wildman–Crippen LogP) is 4.38. The van der Waals surface area contributed by atoms with Gasteiger partial charge in [0.05, 0.1) is 12.5 Å². The fourth-order valence-corrected chi connectivity index (χ4v) is 3.42. The first-order valence-corrected chi connectivity index (χ1v) is 8.71. The van der Waals surface area contributed by atoms with Gasteiger partial charge < -0.3 is 5.32 Å². The second kappa shape index (κ2) is 7.45. The van der Waals surface area contributed by atoms with E-state index in [4.69, 9.17) is 0 Å². The molecule has 3 rings (SSSR count). The molecule has 0 fully saturated rings. The molecule has 120 valence electrons. The minimum Gasteiger partial charge on any atom is -0.349 e. The van der Waals surface area contributed by atoms with Gasteiger partial charge in [0.2, 0.25) is 5.91 Å². The maximum Gasteiger partial charge on any atom is 0.224 e. The third-order valence-electron chi connectivity index (χ3n) is 4.73. The summed E-state index contributed by atoms with van der Waals surface area (Å²) in [4.78, 5) is 12.3. The molecule has 0 radical (unpaired) electrons. The fraction of sp³-hybridized carbons (Fsp3) is 0.381. The second-order valence-corrected chi connectivity index (χ2v) is 6.43. The molecule has 23 heavy (non-hydrogen) atoms. The van der Waals surface area contributed by atoms with Gasteiger partial charge in [-0.15, -0.1) is 0 Å². The number of fused-ring (bicyclic) bond motifs is 1. The molecule has 2 nitrogen and oxygen atoms in total. The molecule has 0 aromatic heterocycles. The molecular formula is C21H25NO. The van der Waals surface area contributed by atoms with E-state index in [1.54, 1.807) is 0 Å². The Morgan fingerprint density at radius 2 is 1.78 bits per heavy atom. The summed E-state index contributed by atoms with van der Waals surface area (Å²) >= 11 is 0. The van der Waals surface area contributed by atoms with Crippen LogP contribution in [0.5, 0.6) is 0 Å². The zero-order valence-corrected chi connectivity index (χ0v) is 13.8. The van der Waals surface area contributed by atoms with Crippen LogP contribution in [0.25, 0.3) is 0 Å². The van der Waals surface area contributed by atoms with Crippen molar-refractivity contribution in [1.82, 2.24) is 5.32 Å². The van der Waals surface area contributed by atoms with Gasteiger partial charge in [0, 0.05) is 0 Å². The average molecular weight is 307 g/mol. The van der Waals surface area contributed by atoms with E-state index in [1.807, 2.05) is 30.3 Å². The van der Waals surface area contributed by atoms with Crippen LogP contribution in [0.2, 0.25) is 0 Å². The third-order valence-corrected chi connectivity index (χ3v) is 4.73. The zero-order chi connectivity index (χ0) is 16.1. The molecule has 2 aromatic carbocycles. The first-order chi connectivity index (χ1) is 11.3. The summed E-state index contributed by atoms with van der Waals surface area (Å²) in [6, 6.07) is 16.8. The van der Waals surface area contributed by atoms with E-state index in [2.05, 4.69) is 30.4 Å². The Morgan fingerprint density at radius 1 is 1.04 bits per heavy atom. The highest BCUT2D eigenvalue weighted by atomic mass is 16.1. The van der Waals surface area contributed by atoms with Gasteiger partial charge in [0.1, 0.15) is 0 Å². The SMILES string of the molecule is CC[C@@H](NC(=O)Cc1ccccc1)c1ccc2c(c1)CCCC2. The van der Waals surface area contributed by atoms with E-state index in [0.717, 1.165) is 12.0 Å². The van der Waals surface area contributed by atoms with Gasteiger partial charge in [-0.05, 0) is 54.4 Å². The molecule has 2 aromatic rings. The number of rotatable bonds is 5. The normalized spacial score (nSPS) is 14.8. The molecule has 0 unspecified atom stereocenters. The van der Waals surface area contributed by atoms with Gasteiger partial charge in [0.25, 0.3) is 0 Å². The van der Waals surface area contributed by atoms with Gasteiger partial charge >= 0.3 is 0 Å². The van der Waals surface area contributed by atoms with Gasteiger partial charge in [0.15, 0.2) is 0 Å². The van der Waals surface area contributed by atoms with Crippen LogP contribution >= 0.6 is 0 Å². The summed E-state index contributed by atoms with van der Waals surface area (Å²) < 4.78 is 0. The van der Waals surface area contributed by atoms with E-state index in [9.17, 15) is 4.79 Å². The lowest BCUT2D eigenvalue weighted by molar-refractivity contribution is -0.121. The number of hydrogen-bond donors (Lipinski definition) is 1. The predicted molar refractivity (Wildman–Crippen MR) is 94.4 cm³/mol. The van der Waals surface area contributed by atoms with Crippen LogP contribution in [0, 0.1) is 0 Å².